The van der Waals surface area contributed by atoms with Crippen molar-refractivity contribution in [3.63, 3.8) is 0 Å². The molecule has 20 heavy (non-hydrogen) atoms. The van der Waals surface area contributed by atoms with Crippen LogP contribution in [0.4, 0.5) is 16.0 Å². The van der Waals surface area contributed by atoms with Gasteiger partial charge in [-0.15, -0.1) is 0 Å². The maximum Gasteiger partial charge on any atom is 0.225 e. The Bertz CT molecular complexity index is 599. The summed E-state index contributed by atoms with van der Waals surface area (Å²) >= 11 is 0. The predicted octanol–water partition coefficient (Wildman–Crippen LogP) is 2.79. The van der Waals surface area contributed by atoms with Crippen molar-refractivity contribution in [1.29, 1.82) is 0 Å². The van der Waals surface area contributed by atoms with Crippen molar-refractivity contribution in [2.45, 2.75) is 19.4 Å². The average Bonchev–Trinajstić information content (AvgIpc) is 2.82. The Morgan fingerprint density at radius 1 is 1.30 bits per heavy atom. The number of benzene rings is 1. The van der Waals surface area contributed by atoms with Crippen LogP contribution in [0.3, 0.4) is 0 Å². The second kappa shape index (κ2) is 5.07. The molecule has 1 aliphatic rings. The van der Waals surface area contributed by atoms with E-state index in [9.17, 15) is 4.39 Å². The van der Waals surface area contributed by atoms with Crippen molar-refractivity contribution in [3.05, 3.63) is 48.0 Å². The first kappa shape index (κ1) is 12.8. The van der Waals surface area contributed by atoms with Gasteiger partial charge in [-0.1, -0.05) is 19.1 Å². The number of halogens is 1. The van der Waals surface area contributed by atoms with Gasteiger partial charge in [0.05, 0.1) is 24.1 Å². The highest BCUT2D eigenvalue weighted by molar-refractivity contribution is 5.42. The molecule has 0 radical (unpaired) electrons. The molecule has 5 heteroatoms. The van der Waals surface area contributed by atoms with Crippen LogP contribution in [0.2, 0.25) is 0 Å². The third kappa shape index (κ3) is 2.43. The first-order valence-corrected chi connectivity index (χ1v) is 6.73. The van der Waals surface area contributed by atoms with Gasteiger partial charge in [-0.05, 0) is 30.0 Å². The SMILES string of the molecule is CC1CC(c2cccc(F)c2)N(c2ncc(N)cn2)C1. The van der Waals surface area contributed by atoms with Crippen LogP contribution in [0.15, 0.2) is 36.7 Å². The van der Waals surface area contributed by atoms with Crippen LogP contribution in [0, 0.1) is 11.7 Å². The normalized spacial score (nSPS) is 22.2. The Labute approximate surface area is 117 Å². The summed E-state index contributed by atoms with van der Waals surface area (Å²) in [5.41, 5.74) is 7.14. The van der Waals surface area contributed by atoms with Crippen LogP contribution in [0.1, 0.15) is 24.9 Å². The fourth-order valence-corrected chi connectivity index (χ4v) is 2.78. The number of rotatable bonds is 2. The largest absolute Gasteiger partial charge is 0.396 e. The van der Waals surface area contributed by atoms with E-state index in [2.05, 4.69) is 21.8 Å². The second-order valence-electron chi connectivity index (χ2n) is 5.38. The van der Waals surface area contributed by atoms with Crippen LogP contribution < -0.4 is 10.6 Å². The molecule has 4 nitrogen and oxygen atoms in total. The van der Waals surface area contributed by atoms with Gasteiger partial charge >= 0.3 is 0 Å². The highest BCUT2D eigenvalue weighted by Crippen LogP contribution is 2.37. The van der Waals surface area contributed by atoms with Gasteiger partial charge in [-0.25, -0.2) is 14.4 Å². The first-order chi connectivity index (χ1) is 9.63. The molecule has 1 aliphatic heterocycles. The van der Waals surface area contributed by atoms with Crippen molar-refractivity contribution < 1.29 is 4.39 Å². The molecule has 0 saturated carbocycles. The zero-order valence-corrected chi connectivity index (χ0v) is 11.3. The first-order valence-electron chi connectivity index (χ1n) is 6.73. The Morgan fingerprint density at radius 3 is 2.75 bits per heavy atom. The topological polar surface area (TPSA) is 55.0 Å². The van der Waals surface area contributed by atoms with E-state index in [4.69, 9.17) is 5.73 Å². The summed E-state index contributed by atoms with van der Waals surface area (Å²) in [6.07, 6.45) is 4.18. The molecule has 2 aromatic rings. The molecule has 1 aromatic carbocycles. The molecule has 0 spiro atoms. The molecule has 0 bridgehead atoms. The zero-order valence-electron chi connectivity index (χ0n) is 11.3. The number of aromatic nitrogens is 2. The molecule has 1 aromatic heterocycles. The lowest BCUT2D eigenvalue weighted by Gasteiger charge is -2.24. The van der Waals surface area contributed by atoms with E-state index in [-0.39, 0.29) is 11.9 Å². The van der Waals surface area contributed by atoms with Gasteiger partial charge in [0, 0.05) is 6.54 Å². The Balaban J connectivity index is 1.94. The van der Waals surface area contributed by atoms with E-state index in [0.29, 0.717) is 17.6 Å². The molecule has 2 N–H and O–H groups in total. The van der Waals surface area contributed by atoms with Crippen molar-refractivity contribution in [2.24, 2.45) is 5.92 Å². The fourth-order valence-electron chi connectivity index (χ4n) is 2.78. The molecule has 2 heterocycles. The third-order valence-electron chi connectivity index (χ3n) is 3.66. The number of nitrogens with zero attached hydrogens (tertiary/aromatic N) is 3. The van der Waals surface area contributed by atoms with Crippen LogP contribution in [0.25, 0.3) is 0 Å². The number of hydrogen-bond acceptors (Lipinski definition) is 4. The summed E-state index contributed by atoms with van der Waals surface area (Å²) in [5, 5.41) is 0. The maximum atomic E-state index is 13.4. The van der Waals surface area contributed by atoms with Crippen LogP contribution in [0.5, 0.6) is 0 Å². The van der Waals surface area contributed by atoms with Crippen molar-refractivity contribution in [3.8, 4) is 0 Å². The van der Waals surface area contributed by atoms with Crippen LogP contribution in [-0.4, -0.2) is 16.5 Å². The van der Waals surface area contributed by atoms with E-state index in [1.54, 1.807) is 24.5 Å². The summed E-state index contributed by atoms with van der Waals surface area (Å²) in [7, 11) is 0. The van der Waals surface area contributed by atoms with Gasteiger partial charge in [0.25, 0.3) is 0 Å². The minimum Gasteiger partial charge on any atom is -0.396 e. The minimum atomic E-state index is -0.208. The van der Waals surface area contributed by atoms with Gasteiger partial charge in [0.2, 0.25) is 5.95 Å². The molecular formula is C15H17FN4. The Kier molecular flexibility index (Phi) is 3.26. The lowest BCUT2D eigenvalue weighted by atomic mass is 10.0. The Morgan fingerprint density at radius 2 is 2.05 bits per heavy atom. The lowest BCUT2D eigenvalue weighted by Crippen LogP contribution is -2.25. The zero-order chi connectivity index (χ0) is 14.1. The van der Waals surface area contributed by atoms with E-state index >= 15 is 0 Å². The standard InChI is InChI=1S/C15H17FN4/c1-10-5-14(11-3-2-4-12(16)6-11)20(9-10)15-18-7-13(17)8-19-15/h2-4,6-8,10,14H,5,9,17H2,1H3. The lowest BCUT2D eigenvalue weighted by molar-refractivity contribution is 0.601. The molecule has 104 valence electrons. The number of hydrogen-bond donors (Lipinski definition) is 1. The Hall–Kier alpha value is -2.17. The molecule has 3 rings (SSSR count). The molecular weight excluding hydrogens is 255 g/mol. The highest BCUT2D eigenvalue weighted by Gasteiger charge is 2.32. The van der Waals surface area contributed by atoms with Gasteiger partial charge in [-0.3, -0.25) is 0 Å². The molecule has 2 unspecified atom stereocenters. The number of nitrogens with two attached hydrogens (primary N) is 1. The molecule has 1 saturated heterocycles. The quantitative estimate of drug-likeness (QED) is 0.913. The van der Waals surface area contributed by atoms with Gasteiger partial charge in [-0.2, -0.15) is 0 Å². The van der Waals surface area contributed by atoms with E-state index < -0.39 is 0 Å². The third-order valence-corrected chi connectivity index (χ3v) is 3.66. The average molecular weight is 272 g/mol. The monoisotopic (exact) mass is 272 g/mol. The number of anilines is 2. The van der Waals surface area contributed by atoms with Gasteiger partial charge in [0.1, 0.15) is 5.82 Å². The molecule has 2 atom stereocenters. The summed E-state index contributed by atoms with van der Waals surface area (Å²) in [4.78, 5) is 10.7. The molecule has 0 amide bonds. The van der Waals surface area contributed by atoms with E-state index in [0.717, 1.165) is 18.5 Å². The summed E-state index contributed by atoms with van der Waals surface area (Å²) in [6, 6.07) is 6.87. The van der Waals surface area contributed by atoms with Gasteiger partial charge in [0.15, 0.2) is 0 Å². The summed E-state index contributed by atoms with van der Waals surface area (Å²) in [6.45, 7) is 3.05. The van der Waals surface area contributed by atoms with E-state index in [1.165, 1.54) is 6.07 Å². The fraction of sp³-hybridized carbons (Fsp3) is 0.333. The minimum absolute atomic E-state index is 0.115. The summed E-state index contributed by atoms with van der Waals surface area (Å²) in [5.74, 6) is 0.961. The smallest absolute Gasteiger partial charge is 0.225 e. The van der Waals surface area contributed by atoms with E-state index in [1.807, 2.05) is 6.07 Å². The molecule has 1 fully saturated rings. The maximum absolute atomic E-state index is 13.4. The van der Waals surface area contributed by atoms with Gasteiger partial charge < -0.3 is 10.6 Å². The van der Waals surface area contributed by atoms with Crippen molar-refractivity contribution >= 4 is 11.6 Å². The molecule has 0 aliphatic carbocycles. The summed E-state index contributed by atoms with van der Waals surface area (Å²) < 4.78 is 13.4. The van der Waals surface area contributed by atoms with Crippen LogP contribution >= 0.6 is 0 Å². The number of nitrogen functional groups attached to an aromatic ring is 1. The second-order valence-corrected chi connectivity index (χ2v) is 5.38. The highest BCUT2D eigenvalue weighted by atomic mass is 19.1. The van der Waals surface area contributed by atoms with Crippen molar-refractivity contribution in [2.75, 3.05) is 17.2 Å². The van der Waals surface area contributed by atoms with Crippen molar-refractivity contribution in [1.82, 2.24) is 9.97 Å². The predicted molar refractivity (Wildman–Crippen MR) is 76.7 cm³/mol. The van der Waals surface area contributed by atoms with Crippen LogP contribution in [-0.2, 0) is 0 Å².